The molecule has 0 spiro atoms. The van der Waals surface area contributed by atoms with E-state index in [0.29, 0.717) is 31.8 Å². The summed E-state index contributed by atoms with van der Waals surface area (Å²) in [7, 11) is -1.82. The average Bonchev–Trinajstić information content (AvgIpc) is 2.99. The van der Waals surface area contributed by atoms with E-state index in [0.717, 1.165) is 39.1 Å². The van der Waals surface area contributed by atoms with Crippen molar-refractivity contribution in [2.45, 2.75) is 37.8 Å². The number of carbonyl (C=O) groups excluding carboxylic acids is 1. The summed E-state index contributed by atoms with van der Waals surface area (Å²) in [4.78, 5) is 21.8. The Balaban J connectivity index is 1.30. The fourth-order valence-corrected chi connectivity index (χ4v) is 6.07. The Morgan fingerprint density at radius 1 is 1.03 bits per heavy atom. The van der Waals surface area contributed by atoms with Gasteiger partial charge in [0.15, 0.2) is 5.03 Å². The lowest BCUT2D eigenvalue weighted by Gasteiger charge is -2.33. The van der Waals surface area contributed by atoms with Crippen molar-refractivity contribution in [1.82, 2.24) is 23.7 Å². The van der Waals surface area contributed by atoms with Gasteiger partial charge in [-0.3, -0.25) is 9.69 Å². The van der Waals surface area contributed by atoms with Crippen LogP contribution in [0.3, 0.4) is 0 Å². The van der Waals surface area contributed by atoms with Crippen molar-refractivity contribution in [3.05, 3.63) is 47.9 Å². The van der Waals surface area contributed by atoms with Gasteiger partial charge in [-0.05, 0) is 31.7 Å². The maximum Gasteiger partial charge on any atom is 0.262 e. The SMILES string of the molecule is Cc1nc(S(=O)(=O)N2CCC(C(=O)N3CCCN(Cc4ccccc4)CC3)CC2)cn1C. The minimum absolute atomic E-state index is 0.0910. The molecule has 2 fully saturated rings. The molecule has 2 aromatic rings. The normalized spacial score (nSPS) is 19.8. The highest BCUT2D eigenvalue weighted by atomic mass is 32.2. The predicted molar refractivity (Wildman–Crippen MR) is 122 cm³/mol. The summed E-state index contributed by atoms with van der Waals surface area (Å²) >= 11 is 0. The molecule has 0 atom stereocenters. The van der Waals surface area contributed by atoms with Gasteiger partial charge in [-0.15, -0.1) is 0 Å². The van der Waals surface area contributed by atoms with Crippen LogP contribution in [0.25, 0.3) is 0 Å². The number of piperidine rings is 1. The second kappa shape index (κ2) is 9.72. The van der Waals surface area contributed by atoms with E-state index < -0.39 is 10.0 Å². The third kappa shape index (κ3) is 5.05. The van der Waals surface area contributed by atoms with Crippen molar-refractivity contribution >= 4 is 15.9 Å². The molecule has 174 valence electrons. The zero-order valence-corrected chi connectivity index (χ0v) is 19.8. The molecule has 2 saturated heterocycles. The van der Waals surface area contributed by atoms with E-state index in [-0.39, 0.29) is 16.9 Å². The van der Waals surface area contributed by atoms with Crippen molar-refractivity contribution in [3.63, 3.8) is 0 Å². The van der Waals surface area contributed by atoms with Gasteiger partial charge in [-0.25, -0.2) is 13.4 Å². The highest BCUT2D eigenvalue weighted by Gasteiger charge is 2.35. The van der Waals surface area contributed by atoms with Crippen molar-refractivity contribution in [2.24, 2.45) is 13.0 Å². The Labute approximate surface area is 190 Å². The summed E-state index contributed by atoms with van der Waals surface area (Å²) in [5.74, 6) is 0.737. The number of benzene rings is 1. The van der Waals surface area contributed by atoms with E-state index >= 15 is 0 Å². The quantitative estimate of drug-likeness (QED) is 0.682. The molecule has 0 saturated carbocycles. The van der Waals surface area contributed by atoms with E-state index in [1.54, 1.807) is 24.7 Å². The van der Waals surface area contributed by atoms with Crippen LogP contribution in [0.5, 0.6) is 0 Å². The molecular weight excluding hydrogens is 426 g/mol. The van der Waals surface area contributed by atoms with E-state index in [9.17, 15) is 13.2 Å². The summed E-state index contributed by atoms with van der Waals surface area (Å²) in [6, 6.07) is 10.4. The Bertz CT molecular complexity index is 1010. The van der Waals surface area contributed by atoms with Crippen LogP contribution in [0.15, 0.2) is 41.6 Å². The first kappa shape index (κ1) is 22.9. The van der Waals surface area contributed by atoms with Gasteiger partial charge in [0.25, 0.3) is 10.0 Å². The Kier molecular flexibility index (Phi) is 6.97. The van der Waals surface area contributed by atoms with Crippen LogP contribution in [0.4, 0.5) is 0 Å². The van der Waals surface area contributed by atoms with Gasteiger partial charge in [0.05, 0.1) is 0 Å². The number of amides is 1. The summed E-state index contributed by atoms with van der Waals surface area (Å²) in [6.07, 6.45) is 3.65. The minimum Gasteiger partial charge on any atom is -0.341 e. The first-order valence-electron chi connectivity index (χ1n) is 11.4. The average molecular weight is 460 g/mol. The number of imidazole rings is 1. The van der Waals surface area contributed by atoms with E-state index in [4.69, 9.17) is 0 Å². The van der Waals surface area contributed by atoms with Gasteiger partial charge < -0.3 is 9.47 Å². The van der Waals surface area contributed by atoms with Crippen molar-refractivity contribution < 1.29 is 13.2 Å². The molecule has 1 aromatic heterocycles. The lowest BCUT2D eigenvalue weighted by atomic mass is 9.96. The Hall–Kier alpha value is -2.23. The van der Waals surface area contributed by atoms with Crippen LogP contribution in [-0.2, 0) is 28.4 Å². The van der Waals surface area contributed by atoms with Crippen LogP contribution in [-0.4, -0.2) is 77.2 Å². The van der Waals surface area contributed by atoms with Crippen LogP contribution >= 0.6 is 0 Å². The second-order valence-corrected chi connectivity index (χ2v) is 10.7. The third-order valence-corrected chi connectivity index (χ3v) is 8.41. The van der Waals surface area contributed by atoms with E-state index in [1.165, 1.54) is 9.87 Å². The molecule has 0 radical (unpaired) electrons. The maximum absolute atomic E-state index is 13.2. The molecule has 32 heavy (non-hydrogen) atoms. The molecule has 3 heterocycles. The molecule has 0 bridgehead atoms. The zero-order chi connectivity index (χ0) is 22.7. The molecule has 2 aliphatic rings. The van der Waals surface area contributed by atoms with E-state index in [1.807, 2.05) is 11.0 Å². The molecule has 2 aliphatic heterocycles. The van der Waals surface area contributed by atoms with Gasteiger partial charge in [0.1, 0.15) is 5.82 Å². The number of aromatic nitrogens is 2. The standard InChI is InChI=1S/C23H33N5O3S/c1-19-24-22(18-25(19)2)32(30,31)28-13-9-21(10-14-28)23(29)27-12-6-11-26(15-16-27)17-20-7-4-3-5-8-20/h3-5,7-8,18,21H,6,9-17H2,1-2H3. The molecule has 1 aromatic carbocycles. The predicted octanol–water partition coefficient (Wildman–Crippen LogP) is 1.86. The first-order valence-corrected chi connectivity index (χ1v) is 12.8. The number of nitrogens with zero attached hydrogens (tertiary/aromatic N) is 5. The third-order valence-electron chi connectivity index (χ3n) is 6.64. The summed E-state index contributed by atoms with van der Waals surface area (Å²) in [5.41, 5.74) is 1.30. The number of rotatable bonds is 5. The summed E-state index contributed by atoms with van der Waals surface area (Å²) in [6.45, 7) is 6.78. The first-order chi connectivity index (χ1) is 15.3. The molecule has 4 rings (SSSR count). The van der Waals surface area contributed by atoms with Crippen LogP contribution in [0.1, 0.15) is 30.7 Å². The second-order valence-electron chi connectivity index (χ2n) is 8.86. The molecular formula is C23H33N5O3S. The fraction of sp³-hybridized carbons (Fsp3) is 0.565. The molecule has 8 nitrogen and oxygen atoms in total. The Morgan fingerprint density at radius 3 is 2.41 bits per heavy atom. The van der Waals surface area contributed by atoms with Crippen LogP contribution in [0.2, 0.25) is 0 Å². The van der Waals surface area contributed by atoms with Gasteiger partial charge in [0, 0.05) is 65.0 Å². The topological polar surface area (TPSA) is 78.8 Å². The number of sulfonamides is 1. The lowest BCUT2D eigenvalue weighted by Crippen LogP contribution is -2.45. The highest BCUT2D eigenvalue weighted by Crippen LogP contribution is 2.25. The number of aryl methyl sites for hydroxylation is 2. The monoisotopic (exact) mass is 459 g/mol. The lowest BCUT2D eigenvalue weighted by molar-refractivity contribution is -0.136. The maximum atomic E-state index is 13.2. The minimum atomic E-state index is -3.61. The van der Waals surface area contributed by atoms with Gasteiger partial charge in [0.2, 0.25) is 5.91 Å². The smallest absolute Gasteiger partial charge is 0.262 e. The van der Waals surface area contributed by atoms with Crippen molar-refractivity contribution in [3.8, 4) is 0 Å². The zero-order valence-electron chi connectivity index (χ0n) is 19.0. The molecule has 0 unspecified atom stereocenters. The summed E-state index contributed by atoms with van der Waals surface area (Å²) < 4.78 is 29.0. The molecule has 1 amide bonds. The highest BCUT2D eigenvalue weighted by molar-refractivity contribution is 7.89. The van der Waals surface area contributed by atoms with E-state index in [2.05, 4.69) is 34.1 Å². The van der Waals surface area contributed by atoms with Crippen LogP contribution in [0, 0.1) is 12.8 Å². The van der Waals surface area contributed by atoms with Crippen molar-refractivity contribution in [2.75, 3.05) is 39.3 Å². The largest absolute Gasteiger partial charge is 0.341 e. The number of carbonyl (C=O) groups is 1. The number of hydrogen-bond donors (Lipinski definition) is 0. The summed E-state index contributed by atoms with van der Waals surface area (Å²) in [5, 5.41) is 0.0910. The molecule has 0 N–H and O–H groups in total. The van der Waals surface area contributed by atoms with Crippen LogP contribution < -0.4 is 0 Å². The molecule has 0 aliphatic carbocycles. The Morgan fingerprint density at radius 2 is 1.75 bits per heavy atom. The van der Waals surface area contributed by atoms with Crippen molar-refractivity contribution in [1.29, 1.82) is 0 Å². The fourth-order valence-electron chi connectivity index (χ4n) is 4.58. The van der Waals surface area contributed by atoms with Gasteiger partial charge in [-0.1, -0.05) is 30.3 Å². The van der Waals surface area contributed by atoms with Gasteiger partial charge >= 0.3 is 0 Å². The van der Waals surface area contributed by atoms with Gasteiger partial charge in [-0.2, -0.15) is 4.31 Å². The number of hydrogen-bond acceptors (Lipinski definition) is 5. The molecule has 9 heteroatoms.